The average molecular weight is 436 g/mol. The minimum absolute atomic E-state index is 0.0431. The first-order valence-electron chi connectivity index (χ1n) is 10.4. The molecule has 0 bridgehead atoms. The molecule has 1 N–H and O–H groups in total. The third-order valence-electron chi connectivity index (χ3n) is 6.90. The standard InChI is InChI=1S/C21H29N3O5S/c1-23-18-6-5-16(11-15(18)12-19(23)25)30(27,28)24-13-17(20(26)22-9-10-29-2)21(14-24)7-3-4-8-21/h5-6,11,17H,3-4,7-10,12-14H2,1-2H3,(H,22,26). The number of hydrogen-bond acceptors (Lipinski definition) is 5. The van der Waals surface area contributed by atoms with E-state index in [0.29, 0.717) is 19.7 Å². The highest BCUT2D eigenvalue weighted by Gasteiger charge is 2.54. The Balaban J connectivity index is 1.58. The Morgan fingerprint density at radius 1 is 1.30 bits per heavy atom. The van der Waals surface area contributed by atoms with Crippen LogP contribution in [0.2, 0.25) is 0 Å². The zero-order valence-corrected chi connectivity index (χ0v) is 18.3. The van der Waals surface area contributed by atoms with Crippen LogP contribution < -0.4 is 10.2 Å². The van der Waals surface area contributed by atoms with Gasteiger partial charge in [-0.1, -0.05) is 12.8 Å². The Kier molecular flexibility index (Phi) is 5.63. The van der Waals surface area contributed by atoms with Crippen molar-refractivity contribution in [1.29, 1.82) is 0 Å². The van der Waals surface area contributed by atoms with Gasteiger partial charge in [-0.15, -0.1) is 0 Å². The fourth-order valence-corrected chi connectivity index (χ4v) is 6.81. The topological polar surface area (TPSA) is 96.0 Å². The number of carbonyl (C=O) groups excluding carboxylic acids is 2. The molecule has 1 unspecified atom stereocenters. The molecule has 1 aromatic carbocycles. The third kappa shape index (κ3) is 3.52. The maximum absolute atomic E-state index is 13.4. The lowest BCUT2D eigenvalue weighted by Gasteiger charge is -2.29. The van der Waals surface area contributed by atoms with Gasteiger partial charge in [0, 0.05) is 39.5 Å². The maximum Gasteiger partial charge on any atom is 0.243 e. The van der Waals surface area contributed by atoms with E-state index in [-0.39, 0.29) is 41.0 Å². The summed E-state index contributed by atoms with van der Waals surface area (Å²) in [6.07, 6.45) is 3.98. The van der Waals surface area contributed by atoms with Gasteiger partial charge < -0.3 is 15.0 Å². The van der Waals surface area contributed by atoms with E-state index in [1.165, 1.54) is 4.31 Å². The summed E-state index contributed by atoms with van der Waals surface area (Å²) in [6.45, 7) is 1.40. The second kappa shape index (κ2) is 7.94. The van der Waals surface area contributed by atoms with Crippen molar-refractivity contribution in [3.8, 4) is 0 Å². The molecule has 1 saturated heterocycles. The minimum atomic E-state index is -3.75. The van der Waals surface area contributed by atoms with Crippen LogP contribution in [0.5, 0.6) is 0 Å². The zero-order valence-electron chi connectivity index (χ0n) is 17.5. The van der Waals surface area contributed by atoms with E-state index in [9.17, 15) is 18.0 Å². The number of ether oxygens (including phenoxy) is 1. The van der Waals surface area contributed by atoms with E-state index in [1.54, 1.807) is 37.3 Å². The summed E-state index contributed by atoms with van der Waals surface area (Å²) >= 11 is 0. The van der Waals surface area contributed by atoms with Crippen LogP contribution in [-0.4, -0.2) is 64.9 Å². The van der Waals surface area contributed by atoms with E-state index < -0.39 is 10.0 Å². The molecule has 1 spiro atoms. The van der Waals surface area contributed by atoms with Crippen molar-refractivity contribution in [2.45, 2.75) is 37.0 Å². The van der Waals surface area contributed by atoms with Gasteiger partial charge in [-0.25, -0.2) is 8.42 Å². The molecule has 1 aromatic rings. The molecule has 8 nitrogen and oxygen atoms in total. The number of fused-ring (bicyclic) bond motifs is 1. The molecule has 0 aromatic heterocycles. The fourth-order valence-electron chi connectivity index (χ4n) is 5.21. The molecule has 1 aliphatic carbocycles. The predicted molar refractivity (Wildman–Crippen MR) is 112 cm³/mol. The smallest absolute Gasteiger partial charge is 0.243 e. The second-order valence-corrected chi connectivity index (χ2v) is 10.6. The lowest BCUT2D eigenvalue weighted by Crippen LogP contribution is -2.41. The van der Waals surface area contributed by atoms with Gasteiger partial charge in [0.2, 0.25) is 21.8 Å². The summed E-state index contributed by atoms with van der Waals surface area (Å²) in [4.78, 5) is 26.6. The largest absolute Gasteiger partial charge is 0.383 e. The van der Waals surface area contributed by atoms with E-state index in [0.717, 1.165) is 36.9 Å². The molecular weight excluding hydrogens is 406 g/mol. The molecule has 2 heterocycles. The first kappa shape index (κ1) is 21.3. The summed E-state index contributed by atoms with van der Waals surface area (Å²) in [5.74, 6) is -0.486. The number of hydrogen-bond donors (Lipinski definition) is 1. The van der Waals surface area contributed by atoms with Gasteiger partial charge >= 0.3 is 0 Å². The molecule has 9 heteroatoms. The molecule has 2 fully saturated rings. The van der Waals surface area contributed by atoms with Crippen molar-refractivity contribution >= 4 is 27.5 Å². The molecule has 164 valence electrons. The van der Waals surface area contributed by atoms with Gasteiger partial charge in [-0.3, -0.25) is 9.59 Å². The molecule has 2 amide bonds. The van der Waals surface area contributed by atoms with Crippen LogP contribution >= 0.6 is 0 Å². The van der Waals surface area contributed by atoms with E-state index in [2.05, 4.69) is 5.32 Å². The van der Waals surface area contributed by atoms with E-state index in [4.69, 9.17) is 4.74 Å². The van der Waals surface area contributed by atoms with Crippen molar-refractivity contribution < 1.29 is 22.7 Å². The number of amides is 2. The Labute approximate surface area is 177 Å². The number of nitrogens with one attached hydrogen (secondary N) is 1. The number of benzene rings is 1. The van der Waals surface area contributed by atoms with E-state index in [1.807, 2.05) is 0 Å². The second-order valence-electron chi connectivity index (χ2n) is 8.62. The zero-order chi connectivity index (χ0) is 21.5. The monoisotopic (exact) mass is 435 g/mol. The lowest BCUT2D eigenvalue weighted by atomic mass is 9.76. The van der Waals surface area contributed by atoms with Crippen LogP contribution in [0, 0.1) is 11.3 Å². The first-order chi connectivity index (χ1) is 14.3. The van der Waals surface area contributed by atoms with E-state index >= 15 is 0 Å². The van der Waals surface area contributed by atoms with Crippen LogP contribution in [0.3, 0.4) is 0 Å². The Morgan fingerprint density at radius 2 is 2.03 bits per heavy atom. The summed E-state index contributed by atoms with van der Waals surface area (Å²) in [5.41, 5.74) is 1.19. The van der Waals surface area contributed by atoms with Crippen molar-refractivity contribution in [3.05, 3.63) is 23.8 Å². The number of carbonyl (C=O) groups is 2. The average Bonchev–Trinajstić information content (AvgIpc) is 3.42. The van der Waals surface area contributed by atoms with Crippen LogP contribution in [0.4, 0.5) is 5.69 Å². The quantitative estimate of drug-likeness (QED) is 0.677. The van der Waals surface area contributed by atoms with Crippen molar-refractivity contribution in [1.82, 2.24) is 9.62 Å². The molecular formula is C21H29N3O5S. The lowest BCUT2D eigenvalue weighted by molar-refractivity contribution is -0.127. The van der Waals surface area contributed by atoms with Crippen LogP contribution in [0.25, 0.3) is 0 Å². The first-order valence-corrected chi connectivity index (χ1v) is 11.9. The van der Waals surface area contributed by atoms with Gasteiger partial charge in [0.25, 0.3) is 0 Å². The van der Waals surface area contributed by atoms with Gasteiger partial charge in [0.05, 0.1) is 23.8 Å². The van der Waals surface area contributed by atoms with Gasteiger partial charge in [-0.2, -0.15) is 4.31 Å². The SMILES string of the molecule is COCCNC(=O)C1CN(S(=O)(=O)c2ccc3c(c2)CC(=O)N3C)CC12CCCC2. The molecule has 2 aliphatic heterocycles. The summed E-state index contributed by atoms with van der Waals surface area (Å²) in [5, 5.41) is 2.90. The number of nitrogens with zero attached hydrogens (tertiary/aromatic N) is 2. The van der Waals surface area contributed by atoms with Crippen molar-refractivity contribution in [2.75, 3.05) is 45.3 Å². The number of sulfonamides is 1. The predicted octanol–water partition coefficient (Wildman–Crippen LogP) is 1.15. The van der Waals surface area contributed by atoms with Gasteiger partial charge in [0.15, 0.2) is 0 Å². The Bertz CT molecular complexity index is 955. The van der Waals surface area contributed by atoms with Crippen molar-refractivity contribution in [2.24, 2.45) is 11.3 Å². The number of likely N-dealkylation sites (N-methyl/N-ethyl adjacent to an activating group) is 1. The third-order valence-corrected chi connectivity index (χ3v) is 8.71. The highest BCUT2D eigenvalue weighted by molar-refractivity contribution is 7.89. The minimum Gasteiger partial charge on any atom is -0.383 e. The molecule has 30 heavy (non-hydrogen) atoms. The van der Waals surface area contributed by atoms with Gasteiger partial charge in [0.1, 0.15) is 0 Å². The highest BCUT2D eigenvalue weighted by atomic mass is 32.2. The highest BCUT2D eigenvalue weighted by Crippen LogP contribution is 2.50. The van der Waals surface area contributed by atoms with Crippen LogP contribution in [0.1, 0.15) is 31.2 Å². The number of methoxy groups -OCH3 is 1. The summed E-state index contributed by atoms with van der Waals surface area (Å²) in [6, 6.07) is 4.87. The van der Waals surface area contributed by atoms with Crippen molar-refractivity contribution in [3.63, 3.8) is 0 Å². The van der Waals surface area contributed by atoms with Crippen LogP contribution in [0.15, 0.2) is 23.1 Å². The Hall–Kier alpha value is -1.97. The summed E-state index contributed by atoms with van der Waals surface area (Å²) < 4.78 is 33.4. The fraction of sp³-hybridized carbons (Fsp3) is 0.619. The Morgan fingerprint density at radius 3 is 2.73 bits per heavy atom. The number of anilines is 1. The van der Waals surface area contributed by atoms with Gasteiger partial charge in [-0.05, 0) is 42.0 Å². The summed E-state index contributed by atoms with van der Waals surface area (Å²) in [7, 11) is -0.478. The normalized spacial score (nSPS) is 23.3. The molecule has 1 atom stereocenters. The molecule has 4 rings (SSSR count). The number of rotatable bonds is 6. The van der Waals surface area contributed by atoms with Crippen LogP contribution in [-0.2, 0) is 30.8 Å². The molecule has 3 aliphatic rings. The molecule has 0 radical (unpaired) electrons. The maximum atomic E-state index is 13.4. The molecule has 1 saturated carbocycles.